The van der Waals surface area contributed by atoms with Gasteiger partial charge in [-0.25, -0.2) is 0 Å². The molecule has 2 nitrogen and oxygen atoms in total. The Bertz CT molecular complexity index is 114. The molecule has 0 atom stereocenters. The fourth-order valence-electron chi connectivity index (χ4n) is 0. The molecule has 0 rings (SSSR count). The summed E-state index contributed by atoms with van der Waals surface area (Å²) >= 11 is 0. The Morgan fingerprint density at radius 2 is 1.25 bits per heavy atom. The summed E-state index contributed by atoms with van der Waals surface area (Å²) in [6.45, 7) is 4.95. The van der Waals surface area contributed by atoms with Crippen LogP contribution in [0.25, 0.3) is 0 Å². The summed E-state index contributed by atoms with van der Waals surface area (Å²) < 4.78 is 19.5. The zero-order chi connectivity index (χ0) is 6.08. The molecule has 0 bridgehead atoms. The maximum Gasteiger partial charge on any atom is 1.00 e. The SMILES string of the molecule is CC(C)(C)[S-](=O)=O.[Li+]. The van der Waals surface area contributed by atoms with Crippen molar-refractivity contribution in [2.24, 2.45) is 0 Å². The summed E-state index contributed by atoms with van der Waals surface area (Å²) in [6, 6.07) is 0. The van der Waals surface area contributed by atoms with Crippen LogP contribution in [-0.4, -0.2) is 4.75 Å². The van der Waals surface area contributed by atoms with E-state index in [4.69, 9.17) is 0 Å². The molecule has 0 radical (unpaired) electrons. The van der Waals surface area contributed by atoms with Crippen LogP contribution in [0.1, 0.15) is 20.8 Å². The van der Waals surface area contributed by atoms with Gasteiger partial charge in [-0.1, -0.05) is 36.2 Å². The Morgan fingerprint density at radius 1 is 1.12 bits per heavy atom. The molecule has 0 aromatic heterocycles. The molecular formula is C4H9LiO2S. The van der Waals surface area contributed by atoms with E-state index in [1.54, 1.807) is 20.8 Å². The largest absolute Gasteiger partial charge is 1.00 e. The molecule has 0 N–H and O–H groups in total. The van der Waals surface area contributed by atoms with E-state index in [1.807, 2.05) is 0 Å². The summed E-state index contributed by atoms with van der Waals surface area (Å²) in [5, 5.41) is 0. The molecule has 0 amide bonds. The van der Waals surface area contributed by atoms with Gasteiger partial charge in [-0.3, -0.25) is 0 Å². The molecule has 0 aromatic carbocycles. The molecule has 0 aliphatic heterocycles. The second-order valence-corrected chi connectivity index (χ2v) is 4.04. The summed E-state index contributed by atoms with van der Waals surface area (Å²) in [5.41, 5.74) is 0. The first-order chi connectivity index (χ1) is 2.94. The zero-order valence-electron chi connectivity index (χ0n) is 5.72. The van der Waals surface area contributed by atoms with Crippen molar-refractivity contribution in [3.63, 3.8) is 0 Å². The van der Waals surface area contributed by atoms with E-state index in [2.05, 4.69) is 0 Å². The van der Waals surface area contributed by atoms with Crippen LogP contribution < -0.4 is 18.9 Å². The quantitative estimate of drug-likeness (QED) is 0.282. The predicted molar refractivity (Wildman–Crippen MR) is 28.5 cm³/mol. The normalized spacial score (nSPS) is 11.0. The average Bonchev–Trinajstić information content (AvgIpc) is 1.31. The molecule has 4 heteroatoms. The van der Waals surface area contributed by atoms with Gasteiger partial charge in [0.25, 0.3) is 0 Å². The summed E-state index contributed by atoms with van der Waals surface area (Å²) in [4.78, 5) is 0. The molecule has 0 aliphatic rings. The van der Waals surface area contributed by atoms with Crippen molar-refractivity contribution in [1.82, 2.24) is 0 Å². The van der Waals surface area contributed by atoms with Crippen molar-refractivity contribution in [3.05, 3.63) is 0 Å². The predicted octanol–water partition coefficient (Wildman–Crippen LogP) is -1.90. The van der Waals surface area contributed by atoms with Crippen molar-refractivity contribution in [1.29, 1.82) is 0 Å². The maximum atomic E-state index is 10.0. The molecule has 0 saturated heterocycles. The van der Waals surface area contributed by atoms with Gasteiger partial charge in [0.2, 0.25) is 0 Å². The monoisotopic (exact) mass is 128 g/mol. The molecule has 0 aromatic rings. The van der Waals surface area contributed by atoms with Crippen LogP contribution in [0.5, 0.6) is 0 Å². The van der Waals surface area contributed by atoms with Gasteiger partial charge in [0.15, 0.2) is 0 Å². The van der Waals surface area contributed by atoms with Crippen LogP contribution in [0.3, 0.4) is 0 Å². The summed E-state index contributed by atoms with van der Waals surface area (Å²) in [6.07, 6.45) is 0. The fourth-order valence-corrected chi connectivity index (χ4v) is 0. The van der Waals surface area contributed by atoms with Crippen molar-refractivity contribution >= 4 is 10.7 Å². The average molecular weight is 128 g/mol. The second-order valence-electron chi connectivity index (χ2n) is 2.35. The van der Waals surface area contributed by atoms with Crippen LogP contribution >= 0.6 is 0 Å². The topological polar surface area (TPSA) is 34.1 Å². The van der Waals surface area contributed by atoms with Gasteiger partial charge >= 0.3 is 18.9 Å². The fraction of sp³-hybridized carbons (Fsp3) is 1.00. The first-order valence-corrected chi connectivity index (χ1v) is 3.11. The van der Waals surface area contributed by atoms with E-state index < -0.39 is 15.5 Å². The minimum absolute atomic E-state index is 0. The van der Waals surface area contributed by atoms with E-state index in [9.17, 15) is 8.42 Å². The van der Waals surface area contributed by atoms with Gasteiger partial charge in [-0.15, -0.1) is 0 Å². The van der Waals surface area contributed by atoms with Crippen LogP contribution in [0.2, 0.25) is 0 Å². The van der Waals surface area contributed by atoms with Gasteiger partial charge in [-0.05, 0) is 0 Å². The summed E-state index contributed by atoms with van der Waals surface area (Å²) in [7, 11) is -1.93. The second kappa shape index (κ2) is 3.55. The van der Waals surface area contributed by atoms with E-state index in [1.165, 1.54) is 0 Å². The molecule has 0 fully saturated rings. The third-order valence-corrected chi connectivity index (χ3v) is 1.50. The van der Waals surface area contributed by atoms with Crippen LogP contribution in [0.15, 0.2) is 0 Å². The van der Waals surface area contributed by atoms with E-state index >= 15 is 0 Å². The Kier molecular flexibility index (Phi) is 5.04. The van der Waals surface area contributed by atoms with Gasteiger partial charge in [0.1, 0.15) is 0 Å². The maximum absolute atomic E-state index is 10.0. The van der Waals surface area contributed by atoms with Gasteiger partial charge < -0.3 is 8.42 Å². The van der Waals surface area contributed by atoms with Crippen LogP contribution in [-0.2, 0) is 19.1 Å². The third-order valence-electron chi connectivity index (χ3n) is 0.500. The third kappa shape index (κ3) is 4.70. The Balaban J connectivity index is 0. The first kappa shape index (κ1) is 11.4. The standard InChI is InChI=1S/C4H9O2S.Li/c1-4(2,3)7(5)6;/h1-3H3;/q-1;+1. The van der Waals surface area contributed by atoms with Gasteiger partial charge in [0, 0.05) is 0 Å². The van der Waals surface area contributed by atoms with E-state index in [0.717, 1.165) is 0 Å². The van der Waals surface area contributed by atoms with Crippen molar-refractivity contribution in [2.45, 2.75) is 25.5 Å². The van der Waals surface area contributed by atoms with Crippen molar-refractivity contribution in [2.75, 3.05) is 0 Å². The Labute approximate surface area is 63.8 Å². The van der Waals surface area contributed by atoms with Crippen molar-refractivity contribution < 1.29 is 27.3 Å². The minimum Gasteiger partial charge on any atom is -0.424 e. The molecule has 0 unspecified atom stereocenters. The molecule has 0 saturated carbocycles. The number of hydrogen-bond acceptors (Lipinski definition) is 3. The van der Waals surface area contributed by atoms with E-state index in [0.29, 0.717) is 0 Å². The molecule has 0 heterocycles. The van der Waals surface area contributed by atoms with Crippen LogP contribution in [0.4, 0.5) is 0 Å². The van der Waals surface area contributed by atoms with Gasteiger partial charge in [-0.2, -0.15) is 0 Å². The molecule has 0 aliphatic carbocycles. The van der Waals surface area contributed by atoms with Crippen LogP contribution in [0, 0.1) is 0 Å². The molecule has 8 heavy (non-hydrogen) atoms. The molecular weight excluding hydrogens is 119 g/mol. The molecule has 44 valence electrons. The Morgan fingerprint density at radius 3 is 1.25 bits per heavy atom. The molecule has 0 spiro atoms. The smallest absolute Gasteiger partial charge is 0.424 e. The van der Waals surface area contributed by atoms with E-state index in [-0.39, 0.29) is 18.9 Å². The first-order valence-electron chi connectivity index (χ1n) is 2.04. The number of rotatable bonds is 0. The Hall–Kier alpha value is 0.547. The summed E-state index contributed by atoms with van der Waals surface area (Å²) in [5.74, 6) is 0. The van der Waals surface area contributed by atoms with Crippen molar-refractivity contribution in [3.8, 4) is 0 Å². The van der Waals surface area contributed by atoms with Gasteiger partial charge in [0.05, 0.1) is 0 Å². The minimum atomic E-state index is -1.93. The zero-order valence-corrected chi connectivity index (χ0v) is 6.54. The number of hydrogen-bond donors (Lipinski definition) is 0.